The van der Waals surface area contributed by atoms with E-state index in [4.69, 9.17) is 0 Å². The number of pyridine rings is 1. The van der Waals surface area contributed by atoms with E-state index in [0.29, 0.717) is 12.0 Å². The molecule has 1 aromatic heterocycles. The molecule has 1 aliphatic rings. The number of hydrogen-bond donors (Lipinski definition) is 1. The van der Waals surface area contributed by atoms with Crippen molar-refractivity contribution in [2.45, 2.75) is 26.1 Å². The van der Waals surface area contributed by atoms with Crippen LogP contribution < -0.4 is 5.32 Å². The summed E-state index contributed by atoms with van der Waals surface area (Å²) in [6, 6.07) is 15.5. The van der Waals surface area contributed by atoms with Gasteiger partial charge in [-0.2, -0.15) is 0 Å². The highest BCUT2D eigenvalue weighted by Gasteiger charge is 2.28. The van der Waals surface area contributed by atoms with Gasteiger partial charge in [0.2, 0.25) is 0 Å². The van der Waals surface area contributed by atoms with Crippen molar-refractivity contribution in [3.63, 3.8) is 0 Å². The van der Waals surface area contributed by atoms with E-state index >= 15 is 0 Å². The quantitative estimate of drug-likeness (QED) is 0.913. The molecule has 1 N–H and O–H groups in total. The fourth-order valence-electron chi connectivity index (χ4n) is 3.05. The van der Waals surface area contributed by atoms with Gasteiger partial charge in [-0.25, -0.2) is 0 Å². The van der Waals surface area contributed by atoms with Gasteiger partial charge in [0.05, 0.1) is 0 Å². The second-order valence-electron chi connectivity index (χ2n) is 6.00. The molecule has 1 saturated heterocycles. The van der Waals surface area contributed by atoms with Gasteiger partial charge in [-0.1, -0.05) is 37.3 Å². The third kappa shape index (κ3) is 3.90. The molecule has 21 heavy (non-hydrogen) atoms. The lowest BCUT2D eigenvalue weighted by Crippen LogP contribution is -2.34. The van der Waals surface area contributed by atoms with Crippen LogP contribution in [0.4, 0.5) is 0 Å². The summed E-state index contributed by atoms with van der Waals surface area (Å²) in [5.74, 6) is 0.690. The molecule has 0 unspecified atom stereocenters. The summed E-state index contributed by atoms with van der Waals surface area (Å²) in [6.07, 6.45) is 3.72. The van der Waals surface area contributed by atoms with Crippen molar-refractivity contribution in [1.82, 2.24) is 15.2 Å². The first kappa shape index (κ1) is 14.2. The second kappa shape index (κ2) is 6.83. The molecule has 110 valence electrons. The van der Waals surface area contributed by atoms with Crippen LogP contribution in [-0.4, -0.2) is 29.0 Å². The normalized spacial score (nSPS) is 22.5. The van der Waals surface area contributed by atoms with Crippen molar-refractivity contribution in [3.8, 4) is 0 Å². The summed E-state index contributed by atoms with van der Waals surface area (Å²) in [5.41, 5.74) is 2.71. The molecule has 3 rings (SSSR count). The molecule has 1 fully saturated rings. The van der Waals surface area contributed by atoms with Gasteiger partial charge in [0, 0.05) is 44.6 Å². The Morgan fingerprint density at radius 2 is 1.81 bits per heavy atom. The van der Waals surface area contributed by atoms with E-state index in [1.54, 1.807) is 0 Å². The Balaban J connectivity index is 1.51. The summed E-state index contributed by atoms with van der Waals surface area (Å²) < 4.78 is 0. The average Bonchev–Trinajstić information content (AvgIpc) is 2.87. The maximum absolute atomic E-state index is 4.06. The first-order valence-corrected chi connectivity index (χ1v) is 7.70. The highest BCUT2D eigenvalue weighted by molar-refractivity contribution is 5.15. The molecular formula is C18H23N3. The minimum atomic E-state index is 0.571. The molecule has 0 amide bonds. The van der Waals surface area contributed by atoms with Gasteiger partial charge in [-0.05, 0) is 29.2 Å². The van der Waals surface area contributed by atoms with Crippen molar-refractivity contribution in [3.05, 3.63) is 66.0 Å². The molecule has 0 radical (unpaired) electrons. The molecule has 3 nitrogen and oxygen atoms in total. The highest BCUT2D eigenvalue weighted by atomic mass is 15.2. The van der Waals surface area contributed by atoms with E-state index in [9.17, 15) is 0 Å². The fourth-order valence-corrected chi connectivity index (χ4v) is 3.05. The Morgan fingerprint density at radius 1 is 1.05 bits per heavy atom. The molecule has 3 heteroatoms. The lowest BCUT2D eigenvalue weighted by atomic mass is 10.1. The zero-order chi connectivity index (χ0) is 14.5. The predicted molar refractivity (Wildman–Crippen MR) is 85.7 cm³/mol. The maximum atomic E-state index is 4.06. The van der Waals surface area contributed by atoms with E-state index in [0.717, 1.165) is 19.6 Å². The molecule has 2 heterocycles. The van der Waals surface area contributed by atoms with Crippen LogP contribution in [0.15, 0.2) is 54.9 Å². The first-order chi connectivity index (χ1) is 10.3. The van der Waals surface area contributed by atoms with Crippen LogP contribution in [-0.2, 0) is 13.1 Å². The Bertz CT molecular complexity index is 541. The molecule has 2 aromatic rings. The zero-order valence-corrected chi connectivity index (χ0v) is 12.6. The number of nitrogens with one attached hydrogen (secondary N) is 1. The van der Waals surface area contributed by atoms with Crippen LogP contribution in [0.1, 0.15) is 18.1 Å². The minimum absolute atomic E-state index is 0.571. The van der Waals surface area contributed by atoms with E-state index in [-0.39, 0.29) is 0 Å². The zero-order valence-electron chi connectivity index (χ0n) is 12.6. The van der Waals surface area contributed by atoms with E-state index in [1.165, 1.54) is 17.7 Å². The Labute approximate surface area is 127 Å². The van der Waals surface area contributed by atoms with E-state index in [1.807, 2.05) is 12.4 Å². The van der Waals surface area contributed by atoms with Crippen LogP contribution in [0.25, 0.3) is 0 Å². The Morgan fingerprint density at radius 3 is 2.57 bits per heavy atom. The van der Waals surface area contributed by atoms with Gasteiger partial charge < -0.3 is 5.32 Å². The van der Waals surface area contributed by atoms with Crippen molar-refractivity contribution in [1.29, 1.82) is 0 Å². The van der Waals surface area contributed by atoms with E-state index in [2.05, 4.69) is 64.6 Å². The van der Waals surface area contributed by atoms with E-state index < -0.39 is 0 Å². The molecule has 0 saturated carbocycles. The Hall–Kier alpha value is -1.71. The molecule has 0 spiro atoms. The molecule has 1 aliphatic heterocycles. The predicted octanol–water partition coefficient (Wildman–Crippen LogP) is 2.69. The SMILES string of the molecule is C[C@@H]1CN(Cc2ccccc2)C[C@H]1NCc1ccncc1. The van der Waals surface area contributed by atoms with Gasteiger partial charge in [0.25, 0.3) is 0 Å². The number of benzene rings is 1. The van der Waals surface area contributed by atoms with Crippen LogP contribution >= 0.6 is 0 Å². The lowest BCUT2D eigenvalue weighted by molar-refractivity contribution is 0.316. The third-order valence-corrected chi connectivity index (χ3v) is 4.25. The van der Waals surface area contributed by atoms with Crippen molar-refractivity contribution in [2.75, 3.05) is 13.1 Å². The lowest BCUT2D eigenvalue weighted by Gasteiger charge is -2.17. The van der Waals surface area contributed by atoms with Crippen LogP contribution in [0.3, 0.4) is 0 Å². The molecule has 1 aromatic carbocycles. The molecular weight excluding hydrogens is 258 g/mol. The summed E-state index contributed by atoms with van der Waals surface area (Å²) in [7, 11) is 0. The summed E-state index contributed by atoms with van der Waals surface area (Å²) >= 11 is 0. The molecule has 2 atom stereocenters. The standard InChI is InChI=1S/C18H23N3/c1-15-12-21(13-17-5-3-2-4-6-17)14-18(15)20-11-16-7-9-19-10-8-16/h2-10,15,18,20H,11-14H2,1H3/t15-,18-/m1/s1. The summed E-state index contributed by atoms with van der Waals surface area (Å²) in [5, 5.41) is 3.69. The highest BCUT2D eigenvalue weighted by Crippen LogP contribution is 2.19. The number of nitrogens with zero attached hydrogens (tertiary/aromatic N) is 2. The minimum Gasteiger partial charge on any atom is -0.308 e. The van der Waals surface area contributed by atoms with Gasteiger partial charge in [0.1, 0.15) is 0 Å². The maximum Gasteiger partial charge on any atom is 0.0271 e. The molecule has 0 aliphatic carbocycles. The van der Waals surface area contributed by atoms with Crippen molar-refractivity contribution < 1.29 is 0 Å². The third-order valence-electron chi connectivity index (χ3n) is 4.25. The number of likely N-dealkylation sites (tertiary alicyclic amines) is 1. The molecule has 0 bridgehead atoms. The van der Waals surface area contributed by atoms with Crippen molar-refractivity contribution >= 4 is 0 Å². The fraction of sp³-hybridized carbons (Fsp3) is 0.389. The first-order valence-electron chi connectivity index (χ1n) is 7.70. The van der Waals surface area contributed by atoms with Crippen LogP contribution in [0, 0.1) is 5.92 Å². The van der Waals surface area contributed by atoms with Crippen LogP contribution in [0.2, 0.25) is 0 Å². The number of aromatic nitrogens is 1. The average molecular weight is 281 g/mol. The number of hydrogen-bond acceptors (Lipinski definition) is 3. The number of rotatable bonds is 5. The largest absolute Gasteiger partial charge is 0.308 e. The van der Waals surface area contributed by atoms with Gasteiger partial charge in [-0.3, -0.25) is 9.88 Å². The van der Waals surface area contributed by atoms with Crippen LogP contribution in [0.5, 0.6) is 0 Å². The Kier molecular flexibility index (Phi) is 4.63. The van der Waals surface area contributed by atoms with Crippen molar-refractivity contribution in [2.24, 2.45) is 5.92 Å². The monoisotopic (exact) mass is 281 g/mol. The van der Waals surface area contributed by atoms with Gasteiger partial charge in [0.15, 0.2) is 0 Å². The van der Waals surface area contributed by atoms with Gasteiger partial charge in [-0.15, -0.1) is 0 Å². The smallest absolute Gasteiger partial charge is 0.0271 e. The summed E-state index contributed by atoms with van der Waals surface area (Å²) in [4.78, 5) is 6.61. The summed E-state index contributed by atoms with van der Waals surface area (Å²) in [6.45, 7) is 6.62. The topological polar surface area (TPSA) is 28.2 Å². The second-order valence-corrected chi connectivity index (χ2v) is 6.00. The van der Waals surface area contributed by atoms with Gasteiger partial charge >= 0.3 is 0 Å².